The lowest BCUT2D eigenvalue weighted by Crippen LogP contribution is -2.46. The highest BCUT2D eigenvalue weighted by Gasteiger charge is 2.46. The van der Waals surface area contributed by atoms with Gasteiger partial charge < -0.3 is 14.8 Å². The number of nitrogens with one attached hydrogen (secondary N) is 1. The fraction of sp³-hybridized carbons (Fsp3) is 0.500. The molecule has 2 N–H and O–H groups in total. The maximum Gasteiger partial charge on any atom is 0.267 e. The molecule has 1 saturated heterocycles. The maximum atomic E-state index is 14.3. The number of fused-ring (bicyclic) bond motifs is 1. The molecule has 2 unspecified atom stereocenters. The summed E-state index contributed by atoms with van der Waals surface area (Å²) >= 11 is 0. The van der Waals surface area contributed by atoms with Gasteiger partial charge in [-0.3, -0.25) is 14.3 Å². The third kappa shape index (κ3) is 5.68. The summed E-state index contributed by atoms with van der Waals surface area (Å²) in [5.74, 6) is -0.582. The number of rotatable bonds is 9. The normalized spacial score (nSPS) is 18.6. The molecule has 0 aliphatic carbocycles. The van der Waals surface area contributed by atoms with Gasteiger partial charge in [0, 0.05) is 42.6 Å². The second-order valence-electron chi connectivity index (χ2n) is 9.86. The van der Waals surface area contributed by atoms with Gasteiger partial charge in [-0.15, -0.1) is 0 Å². The van der Waals surface area contributed by atoms with Gasteiger partial charge in [-0.25, -0.2) is 13.2 Å². The summed E-state index contributed by atoms with van der Waals surface area (Å²) in [5, 5.41) is 11.9. The van der Waals surface area contributed by atoms with Crippen molar-refractivity contribution < 1.29 is 27.4 Å². The van der Waals surface area contributed by atoms with E-state index >= 15 is 0 Å². The maximum absolute atomic E-state index is 14.3. The highest BCUT2D eigenvalue weighted by atomic mass is 19.3. The summed E-state index contributed by atoms with van der Waals surface area (Å²) in [6.45, 7) is 5.73. The number of nitrogens with zero attached hydrogens (tertiary/aromatic N) is 2. The van der Waals surface area contributed by atoms with Gasteiger partial charge in [0.15, 0.2) is 0 Å². The van der Waals surface area contributed by atoms with Crippen LogP contribution in [0.1, 0.15) is 35.9 Å². The van der Waals surface area contributed by atoms with Crippen molar-refractivity contribution in [3.63, 3.8) is 0 Å². The zero-order valence-electron chi connectivity index (χ0n) is 20.0. The van der Waals surface area contributed by atoms with Crippen LogP contribution in [-0.2, 0) is 23.1 Å². The van der Waals surface area contributed by atoms with Crippen LogP contribution in [0.15, 0.2) is 36.5 Å². The second-order valence-corrected chi connectivity index (χ2v) is 9.86. The standard InChI is InChI=1S/C26H31F4N3O2/c1-17-3-4-19(28)11-22(17)25(2,16-27)15-26(34,24(29)30)12-20-9-18-10-21(31-13-23(18)32-20)14-33-5-7-35-8-6-33/h3-4,9-11,13,24,32,34H,5-8,12,14-16H2,1-2H3. The van der Waals surface area contributed by atoms with Crippen molar-refractivity contribution >= 4 is 10.9 Å². The van der Waals surface area contributed by atoms with Crippen LogP contribution < -0.4 is 0 Å². The fourth-order valence-corrected chi connectivity index (χ4v) is 4.99. The molecule has 0 amide bonds. The molecule has 0 spiro atoms. The van der Waals surface area contributed by atoms with Crippen LogP contribution in [0.5, 0.6) is 0 Å². The third-order valence-corrected chi connectivity index (χ3v) is 6.85. The largest absolute Gasteiger partial charge is 0.383 e. The molecule has 1 fully saturated rings. The van der Waals surface area contributed by atoms with Gasteiger partial charge in [0.25, 0.3) is 6.43 Å². The van der Waals surface area contributed by atoms with E-state index in [4.69, 9.17) is 4.74 Å². The van der Waals surface area contributed by atoms with E-state index in [0.717, 1.165) is 30.2 Å². The summed E-state index contributed by atoms with van der Waals surface area (Å²) < 4.78 is 62.0. The Morgan fingerprint density at radius 3 is 2.63 bits per heavy atom. The van der Waals surface area contributed by atoms with E-state index in [1.54, 1.807) is 19.2 Å². The molecule has 0 radical (unpaired) electrons. The Hall–Kier alpha value is -2.49. The van der Waals surface area contributed by atoms with Crippen molar-refractivity contribution in [2.45, 2.75) is 50.7 Å². The zero-order chi connectivity index (χ0) is 25.2. The number of aromatic nitrogens is 2. The van der Waals surface area contributed by atoms with Crippen molar-refractivity contribution in [3.8, 4) is 0 Å². The molecule has 3 heterocycles. The SMILES string of the molecule is Cc1ccc(F)cc1C(C)(CF)CC(O)(Cc1cc2cc(CN3CCOCC3)ncc2[nH]1)C(F)F. The average molecular weight is 494 g/mol. The molecule has 9 heteroatoms. The van der Waals surface area contributed by atoms with Crippen molar-refractivity contribution in [2.75, 3.05) is 33.0 Å². The topological polar surface area (TPSA) is 61.4 Å². The molecule has 0 saturated carbocycles. The Bertz CT molecular complexity index is 1160. The number of aromatic amines is 1. The van der Waals surface area contributed by atoms with E-state index in [-0.39, 0.29) is 5.56 Å². The predicted molar refractivity (Wildman–Crippen MR) is 126 cm³/mol. The molecule has 3 aromatic rings. The minimum absolute atomic E-state index is 0.271. The smallest absolute Gasteiger partial charge is 0.267 e. The number of aliphatic hydroxyl groups is 1. The van der Waals surface area contributed by atoms with Crippen molar-refractivity contribution in [1.29, 1.82) is 0 Å². The number of H-pyrrole nitrogens is 1. The zero-order valence-corrected chi connectivity index (χ0v) is 20.0. The van der Waals surface area contributed by atoms with E-state index in [0.29, 0.717) is 36.5 Å². The summed E-state index contributed by atoms with van der Waals surface area (Å²) in [6.07, 6.45) is -2.47. The number of ether oxygens (including phenoxy) is 1. The van der Waals surface area contributed by atoms with Crippen LogP contribution in [0, 0.1) is 12.7 Å². The molecule has 0 bridgehead atoms. The highest BCUT2D eigenvalue weighted by Crippen LogP contribution is 2.39. The van der Waals surface area contributed by atoms with Gasteiger partial charge in [-0.05, 0) is 48.7 Å². The Morgan fingerprint density at radius 1 is 1.20 bits per heavy atom. The molecule has 1 aliphatic heterocycles. The molecule has 5 nitrogen and oxygen atoms in total. The number of benzene rings is 1. The Labute approximate surface area is 202 Å². The lowest BCUT2D eigenvalue weighted by molar-refractivity contribution is -0.113. The second kappa shape index (κ2) is 10.2. The number of alkyl halides is 3. The number of halogens is 4. The first kappa shape index (κ1) is 25.6. The summed E-state index contributed by atoms with van der Waals surface area (Å²) in [4.78, 5) is 9.75. The van der Waals surface area contributed by atoms with Crippen molar-refractivity contribution in [1.82, 2.24) is 14.9 Å². The van der Waals surface area contributed by atoms with Crippen LogP contribution in [-0.4, -0.2) is 65.0 Å². The lowest BCUT2D eigenvalue weighted by atomic mass is 9.72. The molecule has 2 aromatic heterocycles. The number of aryl methyl sites for hydroxylation is 1. The number of pyridine rings is 1. The van der Waals surface area contributed by atoms with Crippen LogP contribution in [0.3, 0.4) is 0 Å². The Balaban J connectivity index is 1.57. The van der Waals surface area contributed by atoms with Crippen LogP contribution >= 0.6 is 0 Å². The molecular weight excluding hydrogens is 462 g/mol. The van der Waals surface area contributed by atoms with Gasteiger partial charge in [0.1, 0.15) is 11.4 Å². The quantitative estimate of drug-likeness (QED) is 0.425. The van der Waals surface area contributed by atoms with Crippen molar-refractivity contribution in [2.24, 2.45) is 0 Å². The number of hydrogen-bond donors (Lipinski definition) is 2. The van der Waals surface area contributed by atoms with Gasteiger partial charge in [-0.2, -0.15) is 0 Å². The van der Waals surface area contributed by atoms with E-state index in [1.807, 2.05) is 6.07 Å². The van der Waals surface area contributed by atoms with Gasteiger partial charge in [-0.1, -0.05) is 13.0 Å². The molecule has 1 aliphatic rings. The molecule has 190 valence electrons. The van der Waals surface area contributed by atoms with E-state index in [2.05, 4.69) is 14.9 Å². The van der Waals surface area contributed by atoms with Gasteiger partial charge in [0.05, 0.1) is 37.3 Å². The number of hydrogen-bond acceptors (Lipinski definition) is 4. The molecule has 2 atom stereocenters. The van der Waals surface area contributed by atoms with Crippen LogP contribution in [0.25, 0.3) is 10.9 Å². The molecule has 35 heavy (non-hydrogen) atoms. The van der Waals surface area contributed by atoms with Crippen LogP contribution in [0.2, 0.25) is 0 Å². The first-order valence-corrected chi connectivity index (χ1v) is 11.7. The fourth-order valence-electron chi connectivity index (χ4n) is 4.99. The Kier molecular flexibility index (Phi) is 7.49. The van der Waals surface area contributed by atoms with Gasteiger partial charge in [0.2, 0.25) is 0 Å². The van der Waals surface area contributed by atoms with E-state index in [9.17, 15) is 22.7 Å². The van der Waals surface area contributed by atoms with Crippen molar-refractivity contribution in [3.05, 3.63) is 64.9 Å². The summed E-state index contributed by atoms with van der Waals surface area (Å²) in [5.41, 5.74) is -1.26. The number of morpholine rings is 1. The van der Waals surface area contributed by atoms with Crippen LogP contribution in [0.4, 0.5) is 17.6 Å². The third-order valence-electron chi connectivity index (χ3n) is 6.85. The Morgan fingerprint density at radius 2 is 1.94 bits per heavy atom. The van der Waals surface area contributed by atoms with E-state index < -0.39 is 42.8 Å². The molecule has 1 aromatic carbocycles. The first-order chi connectivity index (χ1) is 16.6. The van der Waals surface area contributed by atoms with E-state index in [1.165, 1.54) is 19.1 Å². The average Bonchev–Trinajstić information content (AvgIpc) is 3.22. The monoisotopic (exact) mass is 493 g/mol. The molecular formula is C26H31F4N3O2. The highest BCUT2D eigenvalue weighted by molar-refractivity contribution is 5.80. The lowest BCUT2D eigenvalue weighted by Gasteiger charge is -2.37. The first-order valence-electron chi connectivity index (χ1n) is 11.7. The predicted octanol–water partition coefficient (Wildman–Crippen LogP) is 4.70. The summed E-state index contributed by atoms with van der Waals surface area (Å²) in [6, 6.07) is 7.49. The molecule has 4 rings (SSSR count). The minimum Gasteiger partial charge on any atom is -0.383 e. The van der Waals surface area contributed by atoms with Gasteiger partial charge >= 0.3 is 0 Å². The minimum atomic E-state index is -3.14. The summed E-state index contributed by atoms with van der Waals surface area (Å²) in [7, 11) is 0.